The Bertz CT molecular complexity index is 822. The van der Waals surface area contributed by atoms with Crippen LogP contribution in [-0.4, -0.2) is 8.80 Å². The van der Waals surface area contributed by atoms with Gasteiger partial charge in [0.1, 0.15) is 0 Å². The molecule has 2 radical (unpaired) electrons. The van der Waals surface area contributed by atoms with Gasteiger partial charge in [-0.2, -0.15) is 36.4 Å². The Labute approximate surface area is 208 Å². The van der Waals surface area contributed by atoms with Crippen LogP contribution in [0.15, 0.2) is 152 Å². The number of hydrogen-bond donors (Lipinski definition) is 0. The van der Waals surface area contributed by atoms with Crippen LogP contribution in [0.5, 0.6) is 0 Å². The quantitative estimate of drug-likeness (QED) is 0.177. The van der Waals surface area contributed by atoms with Gasteiger partial charge in [-0.15, -0.1) is 0 Å². The Balaban J connectivity index is 0.000000331. The smallest absolute Gasteiger partial charge is 0.358 e. The summed E-state index contributed by atoms with van der Waals surface area (Å²) in [6, 6.07) is 52.5. The summed E-state index contributed by atoms with van der Waals surface area (Å²) >= 11 is 0. The molecule has 0 atom stereocenters. The van der Waals surface area contributed by atoms with Gasteiger partial charge in [0.15, 0.2) is 8.80 Å². The van der Waals surface area contributed by atoms with Crippen molar-refractivity contribution in [3.05, 3.63) is 159 Å². The van der Waals surface area contributed by atoms with Crippen LogP contribution in [0.3, 0.4) is 0 Å². The summed E-state index contributed by atoms with van der Waals surface area (Å²) in [6.45, 7) is 0. The van der Waals surface area contributed by atoms with Crippen molar-refractivity contribution in [2.75, 3.05) is 0 Å². The monoisotopic (exact) mass is 494 g/mol. The number of hydrogen-bond acceptors (Lipinski definition) is 0. The first-order valence-electron chi connectivity index (χ1n) is 9.82. The molecular formula is C29H28SiZr. The topological polar surface area (TPSA) is 0 Å². The van der Waals surface area contributed by atoms with E-state index in [9.17, 15) is 0 Å². The normalized spacial score (nSPS) is 9.06. The van der Waals surface area contributed by atoms with Crippen molar-refractivity contribution >= 4 is 24.4 Å². The van der Waals surface area contributed by atoms with Gasteiger partial charge in [0.25, 0.3) is 0 Å². The Morgan fingerprint density at radius 2 is 0.645 bits per heavy atom. The van der Waals surface area contributed by atoms with Crippen LogP contribution in [-0.2, 0) is 26.2 Å². The van der Waals surface area contributed by atoms with Gasteiger partial charge in [0.05, 0.1) is 0 Å². The molecule has 0 fully saturated rings. The summed E-state index contributed by atoms with van der Waals surface area (Å²) in [6.07, 6.45) is 0. The molecule has 31 heavy (non-hydrogen) atoms. The Hall–Kier alpha value is -2.54. The fourth-order valence-corrected chi connectivity index (χ4v) is 5.53. The second kappa shape index (κ2) is 16.2. The van der Waals surface area contributed by atoms with Gasteiger partial charge in [-0.05, 0) is 0 Å². The summed E-state index contributed by atoms with van der Waals surface area (Å²) in [5, 5.41) is 4.31. The van der Waals surface area contributed by atoms with Crippen molar-refractivity contribution in [3.8, 4) is 0 Å². The number of rotatable bonds is 3. The van der Waals surface area contributed by atoms with Crippen LogP contribution < -0.4 is 15.6 Å². The largest absolute Gasteiger partial charge is 3.00 e. The summed E-state index contributed by atoms with van der Waals surface area (Å²) in [5.41, 5.74) is 0. The van der Waals surface area contributed by atoms with Crippen molar-refractivity contribution in [2.45, 2.75) is 0 Å². The molecule has 0 aliphatic heterocycles. The van der Waals surface area contributed by atoms with Gasteiger partial charge < -0.3 is 7.43 Å². The van der Waals surface area contributed by atoms with Crippen molar-refractivity contribution in [2.24, 2.45) is 0 Å². The molecule has 152 valence electrons. The predicted octanol–water partition coefficient (Wildman–Crippen LogP) is 5.46. The molecular weight excluding hydrogens is 468 g/mol. The van der Waals surface area contributed by atoms with E-state index in [0.29, 0.717) is 0 Å². The van der Waals surface area contributed by atoms with E-state index in [1.165, 1.54) is 15.6 Å². The average Bonchev–Trinajstić information content (AvgIpc) is 3.55. The zero-order valence-corrected chi connectivity index (χ0v) is 21.4. The molecule has 0 aromatic heterocycles. The average molecular weight is 496 g/mol. The molecule has 0 bridgehead atoms. The van der Waals surface area contributed by atoms with Crippen LogP contribution in [0.25, 0.3) is 0 Å². The van der Waals surface area contributed by atoms with E-state index in [2.05, 4.69) is 91.0 Å². The molecule has 2 heteroatoms. The van der Waals surface area contributed by atoms with E-state index in [1.807, 2.05) is 60.7 Å². The predicted molar refractivity (Wildman–Crippen MR) is 134 cm³/mol. The first-order chi connectivity index (χ1) is 14.4. The molecule has 0 N–H and O–H groups in total. The molecule has 5 aromatic rings. The van der Waals surface area contributed by atoms with Crippen molar-refractivity contribution in [1.29, 1.82) is 0 Å². The van der Waals surface area contributed by atoms with Gasteiger partial charge >= 0.3 is 26.2 Å². The maximum atomic E-state index is 2.24. The minimum Gasteiger partial charge on any atom is -0.358 e. The van der Waals surface area contributed by atoms with E-state index < -0.39 is 8.80 Å². The van der Waals surface area contributed by atoms with E-state index in [-0.39, 0.29) is 33.6 Å². The first kappa shape index (κ1) is 26.5. The summed E-state index contributed by atoms with van der Waals surface area (Å²) in [5.74, 6) is 0. The zero-order valence-electron chi connectivity index (χ0n) is 17.9. The second-order valence-electron chi connectivity index (χ2n) is 6.40. The third kappa shape index (κ3) is 9.42. The molecule has 0 saturated heterocycles. The van der Waals surface area contributed by atoms with Gasteiger partial charge in [0.2, 0.25) is 0 Å². The molecule has 0 unspecified atom stereocenters. The van der Waals surface area contributed by atoms with Crippen LogP contribution in [0.4, 0.5) is 0 Å². The SMILES string of the molecule is [CH3-].[Zr+3].c1cc[cH-]c1.c1cc[cH-]c1.c1ccc([Si](c2ccccc2)c2ccccc2)cc1. The van der Waals surface area contributed by atoms with Crippen LogP contribution >= 0.6 is 0 Å². The van der Waals surface area contributed by atoms with Crippen LogP contribution in [0.1, 0.15) is 0 Å². The summed E-state index contributed by atoms with van der Waals surface area (Å²) in [4.78, 5) is 0. The number of benzene rings is 3. The Morgan fingerprint density at radius 1 is 0.387 bits per heavy atom. The molecule has 0 amide bonds. The Kier molecular flexibility index (Phi) is 13.8. The molecule has 0 aliphatic rings. The minimum absolute atomic E-state index is 0. The zero-order chi connectivity index (χ0) is 20.0. The van der Waals surface area contributed by atoms with E-state index in [0.717, 1.165) is 0 Å². The molecule has 5 rings (SSSR count). The van der Waals surface area contributed by atoms with Crippen molar-refractivity contribution < 1.29 is 26.2 Å². The van der Waals surface area contributed by atoms with Crippen molar-refractivity contribution in [3.63, 3.8) is 0 Å². The van der Waals surface area contributed by atoms with Crippen LogP contribution in [0, 0.1) is 7.43 Å². The standard InChI is InChI=1S/C18H15Si.2C5H5.CH3.Zr/c1-4-10-16(11-5-1)19(17-12-6-2-7-13-17)18-14-8-3-9-15-18;2*1-2-4-5-3-1;;/h1-15H;2*1-5H;1H3;/q;3*-1;+3. The fraction of sp³-hybridized carbons (Fsp3) is 0. The second-order valence-corrected chi connectivity index (χ2v) is 8.88. The van der Waals surface area contributed by atoms with Crippen LogP contribution in [0.2, 0.25) is 0 Å². The van der Waals surface area contributed by atoms with E-state index >= 15 is 0 Å². The third-order valence-corrected chi connectivity index (χ3v) is 7.03. The van der Waals surface area contributed by atoms with Gasteiger partial charge in [-0.3, -0.25) is 0 Å². The van der Waals surface area contributed by atoms with E-state index in [1.54, 1.807) is 0 Å². The van der Waals surface area contributed by atoms with Crippen molar-refractivity contribution in [1.82, 2.24) is 0 Å². The van der Waals surface area contributed by atoms with Gasteiger partial charge in [-0.1, -0.05) is 107 Å². The fourth-order valence-electron chi connectivity index (χ4n) is 2.96. The first-order valence-corrected chi connectivity index (χ1v) is 11.3. The minimum atomic E-state index is -0.877. The molecule has 0 heterocycles. The van der Waals surface area contributed by atoms with Gasteiger partial charge in [0, 0.05) is 0 Å². The summed E-state index contributed by atoms with van der Waals surface area (Å²) in [7, 11) is -0.877. The third-order valence-electron chi connectivity index (χ3n) is 4.30. The molecule has 0 saturated carbocycles. The summed E-state index contributed by atoms with van der Waals surface area (Å²) < 4.78 is 0. The van der Waals surface area contributed by atoms with E-state index in [4.69, 9.17) is 0 Å². The molecule has 5 aromatic carbocycles. The van der Waals surface area contributed by atoms with Gasteiger partial charge in [-0.25, -0.2) is 24.3 Å². The maximum Gasteiger partial charge on any atom is 3.00 e. The molecule has 0 aliphatic carbocycles. The maximum absolute atomic E-state index is 2.24. The Morgan fingerprint density at radius 3 is 0.839 bits per heavy atom. The molecule has 0 nitrogen and oxygen atoms in total. The molecule has 0 spiro atoms.